The standard InChI is InChI=1S/C5H9N5O3/c1-3(11)2-9-4(6)7-5(8-9)10(12)13/h3,11H,2H2,1H3,(H2,6,7,8)/t3-/m1/s1. The molecule has 0 fully saturated rings. The van der Waals surface area contributed by atoms with Gasteiger partial charge in [-0.15, -0.1) is 4.68 Å². The van der Waals surface area contributed by atoms with E-state index in [4.69, 9.17) is 10.8 Å². The Kier molecular flexibility index (Phi) is 2.42. The number of anilines is 1. The zero-order chi connectivity index (χ0) is 10.0. The highest BCUT2D eigenvalue weighted by molar-refractivity contribution is 5.21. The Morgan fingerprint density at radius 2 is 2.46 bits per heavy atom. The summed E-state index contributed by atoms with van der Waals surface area (Å²) in [5.41, 5.74) is 5.30. The molecule has 0 spiro atoms. The molecule has 13 heavy (non-hydrogen) atoms. The number of nitro groups is 1. The van der Waals surface area contributed by atoms with Crippen molar-refractivity contribution >= 4 is 11.9 Å². The maximum absolute atomic E-state index is 10.2. The van der Waals surface area contributed by atoms with Crippen LogP contribution < -0.4 is 5.73 Å². The van der Waals surface area contributed by atoms with Gasteiger partial charge in [0.1, 0.15) is 0 Å². The maximum Gasteiger partial charge on any atom is 0.493 e. The molecule has 0 aromatic carbocycles. The fraction of sp³-hybridized carbons (Fsp3) is 0.600. The number of nitrogens with two attached hydrogens (primary N) is 1. The number of nitrogens with zero attached hydrogens (tertiary/aromatic N) is 4. The molecule has 72 valence electrons. The van der Waals surface area contributed by atoms with E-state index in [9.17, 15) is 10.1 Å². The molecular formula is C5H9N5O3. The average Bonchev–Trinajstić information content (AvgIpc) is 2.31. The Labute approximate surface area is 73.1 Å². The van der Waals surface area contributed by atoms with E-state index in [0.29, 0.717) is 0 Å². The van der Waals surface area contributed by atoms with Crippen molar-refractivity contribution < 1.29 is 10.0 Å². The SMILES string of the molecule is C[C@@H](O)Cn1nc([N+](=O)[O-])nc1N. The highest BCUT2D eigenvalue weighted by atomic mass is 16.6. The molecule has 1 atom stereocenters. The van der Waals surface area contributed by atoms with Gasteiger partial charge in [-0.1, -0.05) is 0 Å². The van der Waals surface area contributed by atoms with Crippen LogP contribution in [0.15, 0.2) is 0 Å². The van der Waals surface area contributed by atoms with Crippen LogP contribution >= 0.6 is 0 Å². The lowest BCUT2D eigenvalue weighted by atomic mass is 10.4. The van der Waals surface area contributed by atoms with Gasteiger partial charge in [-0.3, -0.25) is 0 Å². The zero-order valence-corrected chi connectivity index (χ0v) is 6.91. The first-order valence-electron chi connectivity index (χ1n) is 3.53. The fourth-order valence-corrected chi connectivity index (χ4v) is 0.804. The minimum atomic E-state index is -0.741. The first kappa shape index (κ1) is 9.39. The lowest BCUT2D eigenvalue weighted by Gasteiger charge is -1.99. The van der Waals surface area contributed by atoms with E-state index in [1.54, 1.807) is 0 Å². The number of aliphatic hydroxyl groups excluding tert-OH is 1. The Morgan fingerprint density at radius 1 is 1.85 bits per heavy atom. The molecule has 1 aromatic rings. The van der Waals surface area contributed by atoms with Gasteiger partial charge in [0, 0.05) is 5.10 Å². The van der Waals surface area contributed by atoms with Gasteiger partial charge in [0.2, 0.25) is 0 Å². The van der Waals surface area contributed by atoms with Crippen LogP contribution in [-0.2, 0) is 6.54 Å². The lowest BCUT2D eigenvalue weighted by molar-refractivity contribution is -0.394. The second kappa shape index (κ2) is 3.35. The number of aromatic nitrogens is 3. The molecule has 0 bridgehead atoms. The number of aliphatic hydroxyl groups is 1. The summed E-state index contributed by atoms with van der Waals surface area (Å²) in [6.07, 6.45) is -0.677. The van der Waals surface area contributed by atoms with Crippen LogP contribution in [0, 0.1) is 10.1 Å². The molecule has 1 rings (SSSR count). The molecule has 1 aromatic heterocycles. The fourth-order valence-electron chi connectivity index (χ4n) is 0.804. The van der Waals surface area contributed by atoms with E-state index >= 15 is 0 Å². The second-order valence-corrected chi connectivity index (χ2v) is 2.56. The molecule has 0 unspecified atom stereocenters. The predicted molar refractivity (Wildman–Crippen MR) is 42.8 cm³/mol. The van der Waals surface area contributed by atoms with Gasteiger partial charge < -0.3 is 21.0 Å². The molecule has 0 aliphatic rings. The minimum Gasteiger partial charge on any atom is -0.391 e. The van der Waals surface area contributed by atoms with Crippen molar-refractivity contribution in [1.82, 2.24) is 14.8 Å². The molecule has 0 saturated heterocycles. The smallest absolute Gasteiger partial charge is 0.391 e. The Balaban J connectivity index is 2.90. The molecular weight excluding hydrogens is 178 g/mol. The summed E-state index contributed by atoms with van der Waals surface area (Å²) in [5, 5.41) is 22.6. The Morgan fingerprint density at radius 3 is 2.85 bits per heavy atom. The summed E-state index contributed by atoms with van der Waals surface area (Å²) in [5.74, 6) is -0.634. The highest BCUT2D eigenvalue weighted by Crippen LogP contribution is 2.07. The van der Waals surface area contributed by atoms with Crippen molar-refractivity contribution in [2.75, 3.05) is 5.73 Å². The van der Waals surface area contributed by atoms with Crippen molar-refractivity contribution in [1.29, 1.82) is 0 Å². The van der Waals surface area contributed by atoms with Gasteiger partial charge in [-0.05, 0) is 16.8 Å². The summed E-state index contributed by atoms with van der Waals surface area (Å²) in [6, 6.07) is 0. The van der Waals surface area contributed by atoms with E-state index < -0.39 is 17.0 Å². The molecule has 0 aliphatic heterocycles. The lowest BCUT2D eigenvalue weighted by Crippen LogP contribution is -2.15. The first-order chi connectivity index (χ1) is 6.00. The molecule has 8 nitrogen and oxygen atoms in total. The van der Waals surface area contributed by atoms with Crippen LogP contribution in [0.3, 0.4) is 0 Å². The van der Waals surface area contributed by atoms with Crippen molar-refractivity contribution in [3.8, 4) is 0 Å². The largest absolute Gasteiger partial charge is 0.493 e. The predicted octanol–water partition coefficient (Wildman–Crippen LogP) is -0.851. The van der Waals surface area contributed by atoms with E-state index in [1.807, 2.05) is 0 Å². The summed E-state index contributed by atoms with van der Waals surface area (Å²) >= 11 is 0. The van der Waals surface area contributed by atoms with Crippen molar-refractivity contribution in [3.63, 3.8) is 0 Å². The topological polar surface area (TPSA) is 120 Å². The van der Waals surface area contributed by atoms with Gasteiger partial charge in [0.15, 0.2) is 0 Å². The van der Waals surface area contributed by atoms with Gasteiger partial charge in [0.25, 0.3) is 0 Å². The van der Waals surface area contributed by atoms with Crippen LogP contribution in [0.5, 0.6) is 0 Å². The van der Waals surface area contributed by atoms with Gasteiger partial charge >= 0.3 is 11.9 Å². The third-order valence-electron chi connectivity index (χ3n) is 1.29. The summed E-state index contributed by atoms with van der Waals surface area (Å²) in [7, 11) is 0. The number of nitrogen functional groups attached to an aromatic ring is 1. The Hall–Kier alpha value is -1.70. The summed E-state index contributed by atoms with van der Waals surface area (Å²) in [4.78, 5) is 12.8. The molecule has 3 N–H and O–H groups in total. The third kappa shape index (κ3) is 2.12. The quantitative estimate of drug-likeness (QED) is 0.469. The monoisotopic (exact) mass is 187 g/mol. The number of hydrogen-bond donors (Lipinski definition) is 2. The zero-order valence-electron chi connectivity index (χ0n) is 6.91. The minimum absolute atomic E-state index is 0.0763. The van der Waals surface area contributed by atoms with E-state index in [-0.39, 0.29) is 12.5 Å². The van der Waals surface area contributed by atoms with Gasteiger partial charge in [0.05, 0.1) is 12.6 Å². The van der Waals surface area contributed by atoms with Gasteiger partial charge in [-0.2, -0.15) is 0 Å². The summed E-state index contributed by atoms with van der Waals surface area (Å²) in [6.45, 7) is 1.61. The van der Waals surface area contributed by atoms with E-state index in [0.717, 1.165) is 4.68 Å². The third-order valence-corrected chi connectivity index (χ3v) is 1.29. The second-order valence-electron chi connectivity index (χ2n) is 2.56. The van der Waals surface area contributed by atoms with E-state index in [1.165, 1.54) is 6.92 Å². The first-order valence-corrected chi connectivity index (χ1v) is 3.53. The number of rotatable bonds is 3. The van der Waals surface area contributed by atoms with Crippen LogP contribution in [0.4, 0.5) is 11.9 Å². The average molecular weight is 187 g/mol. The molecule has 0 amide bonds. The van der Waals surface area contributed by atoms with Crippen molar-refractivity contribution in [2.24, 2.45) is 0 Å². The molecule has 1 heterocycles. The highest BCUT2D eigenvalue weighted by Gasteiger charge is 2.19. The van der Waals surface area contributed by atoms with Crippen LogP contribution in [-0.4, -0.2) is 30.9 Å². The maximum atomic E-state index is 10.2. The molecule has 0 saturated carbocycles. The van der Waals surface area contributed by atoms with Gasteiger partial charge in [-0.25, -0.2) is 0 Å². The molecule has 8 heteroatoms. The Bertz CT molecular complexity index is 320. The van der Waals surface area contributed by atoms with E-state index in [2.05, 4.69) is 10.1 Å². The van der Waals surface area contributed by atoms with Crippen molar-refractivity contribution in [3.05, 3.63) is 10.1 Å². The van der Waals surface area contributed by atoms with Crippen LogP contribution in [0.2, 0.25) is 0 Å². The van der Waals surface area contributed by atoms with Crippen LogP contribution in [0.1, 0.15) is 6.92 Å². The summed E-state index contributed by atoms with van der Waals surface area (Å²) < 4.78 is 1.09. The normalized spacial score (nSPS) is 12.8. The van der Waals surface area contributed by atoms with Crippen LogP contribution in [0.25, 0.3) is 0 Å². The molecule has 0 aliphatic carbocycles. The molecule has 0 radical (unpaired) electrons. The van der Waals surface area contributed by atoms with Crippen molar-refractivity contribution in [2.45, 2.75) is 19.6 Å². The number of hydrogen-bond acceptors (Lipinski definition) is 6.